The zero-order valence-electron chi connectivity index (χ0n) is 14.2. The van der Waals surface area contributed by atoms with Gasteiger partial charge < -0.3 is 23.8 Å². The van der Waals surface area contributed by atoms with Crippen molar-refractivity contribution in [3.63, 3.8) is 0 Å². The number of aromatic amines is 1. The highest BCUT2D eigenvalue weighted by Crippen LogP contribution is 2.44. The van der Waals surface area contributed by atoms with E-state index in [9.17, 15) is 0 Å². The quantitative estimate of drug-likeness (QED) is 0.610. The van der Waals surface area contributed by atoms with Crippen LogP contribution < -0.4 is 14.2 Å². The van der Waals surface area contributed by atoms with Crippen LogP contribution in [-0.4, -0.2) is 28.4 Å². The minimum atomic E-state index is 0.207. The van der Waals surface area contributed by atoms with E-state index in [-0.39, 0.29) is 6.79 Å². The minimum Gasteiger partial charge on any atom is -0.493 e. The van der Waals surface area contributed by atoms with Gasteiger partial charge in [0.25, 0.3) is 0 Å². The van der Waals surface area contributed by atoms with Gasteiger partial charge in [-0.15, -0.1) is 0 Å². The Kier molecular flexibility index (Phi) is 3.35. The molecule has 130 valence electrons. The number of H-pyrrole nitrogens is 1. The van der Waals surface area contributed by atoms with Crippen molar-refractivity contribution in [1.29, 1.82) is 0 Å². The van der Waals surface area contributed by atoms with E-state index in [2.05, 4.69) is 38.8 Å². The second-order valence-corrected chi connectivity index (χ2v) is 6.15. The molecule has 2 aromatic heterocycles. The van der Waals surface area contributed by atoms with E-state index in [1.807, 2.05) is 30.7 Å². The summed E-state index contributed by atoms with van der Waals surface area (Å²) in [4.78, 5) is 7.81. The summed E-state index contributed by atoms with van der Waals surface area (Å²) in [5.74, 6) is 2.83. The van der Waals surface area contributed by atoms with Gasteiger partial charge in [0.1, 0.15) is 5.82 Å². The number of rotatable bonds is 4. The molecule has 0 saturated heterocycles. The maximum Gasteiger partial charge on any atom is 0.231 e. The third-order valence-electron chi connectivity index (χ3n) is 4.66. The normalized spacial score (nSPS) is 12.7. The molecule has 4 aromatic rings. The van der Waals surface area contributed by atoms with E-state index in [0.29, 0.717) is 17.2 Å². The van der Waals surface area contributed by atoms with E-state index in [1.54, 1.807) is 7.11 Å². The van der Waals surface area contributed by atoms with Crippen molar-refractivity contribution in [3.8, 4) is 28.6 Å². The summed E-state index contributed by atoms with van der Waals surface area (Å²) in [7, 11) is 1.63. The molecule has 2 aromatic carbocycles. The van der Waals surface area contributed by atoms with E-state index >= 15 is 0 Å². The molecule has 3 heterocycles. The van der Waals surface area contributed by atoms with Crippen molar-refractivity contribution in [3.05, 3.63) is 60.6 Å². The number of ether oxygens (including phenoxy) is 3. The highest BCUT2D eigenvalue weighted by Gasteiger charge is 2.22. The second kappa shape index (κ2) is 5.84. The molecule has 0 radical (unpaired) electrons. The molecule has 1 N–H and O–H groups in total. The van der Waals surface area contributed by atoms with Crippen LogP contribution in [0.5, 0.6) is 17.2 Å². The molecule has 0 bridgehead atoms. The van der Waals surface area contributed by atoms with Gasteiger partial charge in [-0.1, -0.05) is 12.1 Å². The van der Waals surface area contributed by atoms with Crippen LogP contribution in [0, 0.1) is 0 Å². The van der Waals surface area contributed by atoms with Crippen molar-refractivity contribution < 1.29 is 14.2 Å². The van der Waals surface area contributed by atoms with E-state index in [1.165, 1.54) is 10.9 Å². The number of imidazole rings is 1. The lowest BCUT2D eigenvalue weighted by molar-refractivity contribution is 0.171. The average Bonchev–Trinajstić information content (AvgIpc) is 3.40. The zero-order valence-corrected chi connectivity index (χ0v) is 14.2. The largest absolute Gasteiger partial charge is 0.493 e. The summed E-state index contributed by atoms with van der Waals surface area (Å²) < 4.78 is 18.6. The number of nitrogens with zero attached hydrogens (tertiary/aromatic N) is 2. The van der Waals surface area contributed by atoms with Crippen LogP contribution in [0.3, 0.4) is 0 Å². The topological polar surface area (TPSA) is 61.3 Å². The molecule has 1 aliphatic rings. The molecular weight excluding hydrogens is 330 g/mol. The zero-order chi connectivity index (χ0) is 17.5. The Morgan fingerprint density at radius 1 is 1.23 bits per heavy atom. The summed E-state index contributed by atoms with van der Waals surface area (Å²) in [6.07, 6.45) is 5.76. The van der Waals surface area contributed by atoms with Gasteiger partial charge in [0.05, 0.1) is 7.11 Å². The number of nitrogens with one attached hydrogen (secondary N) is 1. The van der Waals surface area contributed by atoms with Gasteiger partial charge in [0, 0.05) is 41.6 Å². The van der Waals surface area contributed by atoms with Crippen LogP contribution in [0.25, 0.3) is 22.3 Å². The third-order valence-corrected chi connectivity index (χ3v) is 4.66. The standard InChI is InChI=1S/C20H17N3O3/c1-24-17-9-14(10-18-19(17)26-12-25-18)20-22-7-8-23(20)11-13-3-2-4-16-15(13)5-6-21-16/h2-10,21H,11-12H2,1H3. The fourth-order valence-corrected chi connectivity index (χ4v) is 3.43. The molecule has 26 heavy (non-hydrogen) atoms. The van der Waals surface area contributed by atoms with Crippen LogP contribution in [0.4, 0.5) is 0 Å². The third kappa shape index (κ3) is 2.30. The summed E-state index contributed by atoms with van der Waals surface area (Å²) >= 11 is 0. The maximum absolute atomic E-state index is 5.54. The fourth-order valence-electron chi connectivity index (χ4n) is 3.43. The summed E-state index contributed by atoms with van der Waals surface area (Å²) in [6, 6.07) is 12.3. The lowest BCUT2D eigenvalue weighted by atomic mass is 10.1. The van der Waals surface area contributed by atoms with Gasteiger partial charge >= 0.3 is 0 Å². The predicted molar refractivity (Wildman–Crippen MR) is 97.7 cm³/mol. The van der Waals surface area contributed by atoms with E-state index < -0.39 is 0 Å². The SMILES string of the molecule is COc1cc(-c2nccn2Cc2cccc3[nH]ccc23)cc2c1OCO2. The number of methoxy groups -OCH3 is 1. The number of hydrogen-bond acceptors (Lipinski definition) is 4. The monoisotopic (exact) mass is 347 g/mol. The number of hydrogen-bond donors (Lipinski definition) is 1. The van der Waals surface area contributed by atoms with Gasteiger partial charge in [-0.2, -0.15) is 0 Å². The average molecular weight is 347 g/mol. The Balaban J connectivity index is 1.57. The highest BCUT2D eigenvalue weighted by molar-refractivity contribution is 5.83. The van der Waals surface area contributed by atoms with Crippen molar-refractivity contribution in [1.82, 2.24) is 14.5 Å². The highest BCUT2D eigenvalue weighted by atomic mass is 16.7. The second-order valence-electron chi connectivity index (χ2n) is 6.15. The van der Waals surface area contributed by atoms with Crippen LogP contribution >= 0.6 is 0 Å². The number of aromatic nitrogens is 3. The molecule has 0 fully saturated rings. The van der Waals surface area contributed by atoms with Crippen molar-refractivity contribution in [2.24, 2.45) is 0 Å². The molecule has 5 rings (SSSR count). The Bertz CT molecular complexity index is 1100. The van der Waals surface area contributed by atoms with Gasteiger partial charge in [-0.25, -0.2) is 4.98 Å². The number of benzene rings is 2. The fraction of sp³-hybridized carbons (Fsp3) is 0.150. The van der Waals surface area contributed by atoms with Crippen molar-refractivity contribution >= 4 is 10.9 Å². The van der Waals surface area contributed by atoms with Crippen LogP contribution in [-0.2, 0) is 6.54 Å². The molecule has 0 spiro atoms. The minimum absolute atomic E-state index is 0.207. The molecule has 6 nitrogen and oxygen atoms in total. The van der Waals surface area contributed by atoms with Gasteiger partial charge in [-0.3, -0.25) is 0 Å². The van der Waals surface area contributed by atoms with E-state index in [0.717, 1.165) is 23.4 Å². The van der Waals surface area contributed by atoms with Crippen molar-refractivity contribution in [2.45, 2.75) is 6.54 Å². The molecule has 1 aliphatic heterocycles. The van der Waals surface area contributed by atoms with Crippen molar-refractivity contribution in [2.75, 3.05) is 13.9 Å². The summed E-state index contributed by atoms with van der Waals surface area (Å²) in [5.41, 5.74) is 3.29. The summed E-state index contributed by atoms with van der Waals surface area (Å²) in [5, 5.41) is 1.22. The first-order chi connectivity index (χ1) is 12.8. The van der Waals surface area contributed by atoms with E-state index in [4.69, 9.17) is 14.2 Å². The lowest BCUT2D eigenvalue weighted by Crippen LogP contribution is -2.02. The predicted octanol–water partition coefficient (Wildman–Crippen LogP) is 3.82. The first-order valence-corrected chi connectivity index (χ1v) is 8.37. The molecule has 0 aliphatic carbocycles. The molecule has 0 atom stereocenters. The van der Waals surface area contributed by atoms with Gasteiger partial charge in [0.2, 0.25) is 12.5 Å². The number of fused-ring (bicyclic) bond motifs is 2. The van der Waals surface area contributed by atoms with Crippen LogP contribution in [0.2, 0.25) is 0 Å². The van der Waals surface area contributed by atoms with Gasteiger partial charge in [-0.05, 0) is 29.8 Å². The molecule has 0 unspecified atom stereocenters. The Hall–Kier alpha value is -3.41. The lowest BCUT2D eigenvalue weighted by Gasteiger charge is -2.11. The van der Waals surface area contributed by atoms with Gasteiger partial charge in [0.15, 0.2) is 11.5 Å². The summed E-state index contributed by atoms with van der Waals surface area (Å²) in [6.45, 7) is 0.931. The van der Waals surface area contributed by atoms with Crippen LogP contribution in [0.15, 0.2) is 55.0 Å². The first-order valence-electron chi connectivity index (χ1n) is 8.37. The molecule has 0 amide bonds. The Labute approximate surface area is 150 Å². The molecular formula is C20H17N3O3. The maximum atomic E-state index is 5.54. The molecule has 0 saturated carbocycles. The van der Waals surface area contributed by atoms with Crippen LogP contribution in [0.1, 0.15) is 5.56 Å². The molecule has 6 heteroatoms. The Morgan fingerprint density at radius 3 is 3.12 bits per heavy atom. The first kappa shape index (κ1) is 14.9. The Morgan fingerprint density at radius 2 is 2.19 bits per heavy atom. The smallest absolute Gasteiger partial charge is 0.231 e.